The monoisotopic (exact) mass is 271 g/mol. The second-order valence-electron chi connectivity index (χ2n) is 3.94. The lowest BCUT2D eigenvalue weighted by Gasteiger charge is -2.17. The summed E-state index contributed by atoms with van der Waals surface area (Å²) in [5.41, 5.74) is -0.0298. The van der Waals surface area contributed by atoms with Gasteiger partial charge in [-0.3, -0.25) is 4.79 Å². The minimum atomic E-state index is -0.914. The highest BCUT2D eigenvalue weighted by molar-refractivity contribution is 6.30. The lowest BCUT2D eigenvalue weighted by atomic mass is 10.2. The summed E-state index contributed by atoms with van der Waals surface area (Å²) in [6.07, 6.45) is -0.914. The number of hydrogen-bond donors (Lipinski definition) is 1. The number of phenols is 1. The van der Waals surface area contributed by atoms with Crippen molar-refractivity contribution in [2.24, 2.45) is 0 Å². The molecule has 0 aromatic heterocycles. The van der Waals surface area contributed by atoms with Gasteiger partial charge in [0.25, 0.3) is 5.91 Å². The number of carbonyl (C=O) groups excluding carboxylic acids is 2. The van der Waals surface area contributed by atoms with Crippen LogP contribution in [0.2, 0.25) is 5.02 Å². The number of aromatic hydroxyl groups is 1. The summed E-state index contributed by atoms with van der Waals surface area (Å²) in [5.74, 6) is -1.39. The summed E-state index contributed by atoms with van der Waals surface area (Å²) in [5, 5.41) is 9.85. The maximum absolute atomic E-state index is 11.7. The Morgan fingerprint density at radius 3 is 2.50 bits per heavy atom. The van der Waals surface area contributed by atoms with Crippen molar-refractivity contribution < 1.29 is 19.4 Å². The van der Waals surface area contributed by atoms with Gasteiger partial charge in [-0.15, -0.1) is 0 Å². The van der Waals surface area contributed by atoms with Gasteiger partial charge in [0.15, 0.2) is 6.10 Å². The average molecular weight is 272 g/mol. The maximum Gasteiger partial charge on any atom is 0.342 e. The van der Waals surface area contributed by atoms with Crippen LogP contribution in [0.5, 0.6) is 5.75 Å². The molecule has 0 radical (unpaired) electrons. The van der Waals surface area contributed by atoms with Crippen molar-refractivity contribution in [1.29, 1.82) is 0 Å². The van der Waals surface area contributed by atoms with E-state index in [4.69, 9.17) is 16.3 Å². The third-order valence-electron chi connectivity index (χ3n) is 2.25. The van der Waals surface area contributed by atoms with Crippen molar-refractivity contribution >= 4 is 23.5 Å². The molecule has 6 heteroatoms. The van der Waals surface area contributed by atoms with E-state index in [1.807, 2.05) is 0 Å². The molecule has 0 aliphatic rings. The lowest BCUT2D eigenvalue weighted by Crippen LogP contribution is -2.34. The second-order valence-corrected chi connectivity index (χ2v) is 4.38. The molecule has 0 spiro atoms. The van der Waals surface area contributed by atoms with Crippen LogP contribution >= 0.6 is 11.6 Å². The highest BCUT2D eigenvalue weighted by Gasteiger charge is 2.21. The zero-order valence-electron chi connectivity index (χ0n) is 10.3. The van der Waals surface area contributed by atoms with E-state index in [-0.39, 0.29) is 17.2 Å². The van der Waals surface area contributed by atoms with E-state index in [2.05, 4.69) is 0 Å². The van der Waals surface area contributed by atoms with Gasteiger partial charge in [-0.05, 0) is 25.1 Å². The van der Waals surface area contributed by atoms with Crippen molar-refractivity contribution in [3.05, 3.63) is 28.8 Å². The van der Waals surface area contributed by atoms with Gasteiger partial charge < -0.3 is 14.7 Å². The van der Waals surface area contributed by atoms with E-state index >= 15 is 0 Å². The molecule has 1 amide bonds. The van der Waals surface area contributed by atoms with Crippen LogP contribution in [0.1, 0.15) is 17.3 Å². The third kappa shape index (κ3) is 3.37. The highest BCUT2D eigenvalue weighted by atomic mass is 35.5. The fourth-order valence-corrected chi connectivity index (χ4v) is 1.48. The number of halogens is 1. The zero-order valence-corrected chi connectivity index (χ0v) is 11.1. The molecule has 0 aliphatic heterocycles. The number of amides is 1. The summed E-state index contributed by atoms with van der Waals surface area (Å²) < 4.78 is 4.95. The smallest absolute Gasteiger partial charge is 0.342 e. The first-order chi connectivity index (χ1) is 8.32. The number of carbonyl (C=O) groups is 2. The molecule has 0 saturated carbocycles. The summed E-state index contributed by atoms with van der Waals surface area (Å²) in [4.78, 5) is 24.6. The van der Waals surface area contributed by atoms with Crippen LogP contribution < -0.4 is 0 Å². The molecule has 5 nitrogen and oxygen atoms in total. The summed E-state index contributed by atoms with van der Waals surface area (Å²) in [7, 11) is 3.12. The Labute approximate surface area is 110 Å². The highest BCUT2D eigenvalue weighted by Crippen LogP contribution is 2.22. The van der Waals surface area contributed by atoms with Crippen LogP contribution in [0.15, 0.2) is 18.2 Å². The molecule has 18 heavy (non-hydrogen) atoms. The van der Waals surface area contributed by atoms with E-state index in [0.717, 1.165) is 0 Å². The Hall–Kier alpha value is -1.75. The molecule has 0 unspecified atom stereocenters. The Balaban J connectivity index is 2.80. The van der Waals surface area contributed by atoms with Crippen LogP contribution in [-0.4, -0.2) is 42.1 Å². The zero-order chi connectivity index (χ0) is 13.9. The van der Waals surface area contributed by atoms with Gasteiger partial charge in [0.2, 0.25) is 0 Å². The number of ether oxygens (including phenoxy) is 1. The fourth-order valence-electron chi connectivity index (χ4n) is 1.32. The predicted molar refractivity (Wildman–Crippen MR) is 66.7 cm³/mol. The van der Waals surface area contributed by atoms with Crippen molar-refractivity contribution in [1.82, 2.24) is 4.90 Å². The van der Waals surface area contributed by atoms with Crippen LogP contribution in [0.4, 0.5) is 0 Å². The molecule has 0 bridgehead atoms. The van der Waals surface area contributed by atoms with Crippen LogP contribution in [-0.2, 0) is 9.53 Å². The molecule has 1 atom stereocenters. The minimum absolute atomic E-state index is 0.0298. The SMILES string of the molecule is C[C@H](OC(=O)c1ccc(Cl)cc1O)C(=O)N(C)C. The first kappa shape index (κ1) is 14.3. The molecule has 1 aromatic carbocycles. The third-order valence-corrected chi connectivity index (χ3v) is 2.49. The Bertz CT molecular complexity index is 473. The summed E-state index contributed by atoms with van der Waals surface area (Å²) >= 11 is 5.65. The summed E-state index contributed by atoms with van der Waals surface area (Å²) in [6.45, 7) is 1.47. The van der Waals surface area contributed by atoms with Gasteiger partial charge in [0.05, 0.1) is 0 Å². The van der Waals surface area contributed by atoms with E-state index in [1.54, 1.807) is 14.1 Å². The normalized spacial score (nSPS) is 11.8. The van der Waals surface area contributed by atoms with Gasteiger partial charge in [-0.25, -0.2) is 4.79 Å². The molecular weight excluding hydrogens is 258 g/mol. The quantitative estimate of drug-likeness (QED) is 0.850. The van der Waals surface area contributed by atoms with E-state index < -0.39 is 12.1 Å². The molecule has 1 aromatic rings. The largest absolute Gasteiger partial charge is 0.507 e. The molecule has 1 rings (SSSR count). The average Bonchev–Trinajstić information content (AvgIpc) is 2.27. The Morgan fingerprint density at radius 2 is 2.00 bits per heavy atom. The maximum atomic E-state index is 11.7. The molecule has 0 aliphatic carbocycles. The molecular formula is C12H14ClNO4. The van der Waals surface area contributed by atoms with Crippen molar-refractivity contribution in [3.8, 4) is 5.75 Å². The van der Waals surface area contributed by atoms with Crippen molar-refractivity contribution in [2.45, 2.75) is 13.0 Å². The number of likely N-dealkylation sites (N-methyl/N-ethyl adjacent to an activating group) is 1. The molecule has 0 fully saturated rings. The standard InChI is InChI=1S/C12H14ClNO4/c1-7(11(16)14(2)3)18-12(17)9-5-4-8(13)6-10(9)15/h4-7,15H,1-3H3/t7-/m0/s1. The minimum Gasteiger partial charge on any atom is -0.507 e. The van der Waals surface area contributed by atoms with E-state index in [0.29, 0.717) is 5.02 Å². The van der Waals surface area contributed by atoms with Gasteiger partial charge >= 0.3 is 5.97 Å². The second kappa shape index (κ2) is 5.73. The Kier molecular flexibility index (Phi) is 4.55. The van der Waals surface area contributed by atoms with Gasteiger partial charge in [0.1, 0.15) is 11.3 Å². The number of rotatable bonds is 3. The predicted octanol–water partition coefficient (Wildman–Crippen LogP) is 1.68. The van der Waals surface area contributed by atoms with Crippen molar-refractivity contribution in [2.75, 3.05) is 14.1 Å². The lowest BCUT2D eigenvalue weighted by molar-refractivity contribution is -0.137. The first-order valence-corrected chi connectivity index (χ1v) is 5.61. The Morgan fingerprint density at radius 1 is 1.39 bits per heavy atom. The van der Waals surface area contributed by atoms with E-state index in [9.17, 15) is 14.7 Å². The van der Waals surface area contributed by atoms with Gasteiger partial charge in [-0.2, -0.15) is 0 Å². The molecule has 1 N–H and O–H groups in total. The summed E-state index contributed by atoms with van der Waals surface area (Å²) in [6, 6.07) is 4.03. The fraction of sp³-hybridized carbons (Fsp3) is 0.333. The van der Waals surface area contributed by atoms with Crippen LogP contribution in [0.3, 0.4) is 0 Å². The molecule has 0 heterocycles. The number of hydrogen-bond acceptors (Lipinski definition) is 4. The van der Waals surface area contributed by atoms with E-state index in [1.165, 1.54) is 30.0 Å². The topological polar surface area (TPSA) is 66.8 Å². The van der Waals surface area contributed by atoms with Crippen LogP contribution in [0, 0.1) is 0 Å². The van der Waals surface area contributed by atoms with Crippen LogP contribution in [0.25, 0.3) is 0 Å². The van der Waals surface area contributed by atoms with Gasteiger partial charge in [-0.1, -0.05) is 11.6 Å². The number of esters is 1. The first-order valence-electron chi connectivity index (χ1n) is 5.23. The number of nitrogens with zero attached hydrogens (tertiary/aromatic N) is 1. The number of phenolic OH excluding ortho intramolecular Hbond substituents is 1. The van der Waals surface area contributed by atoms with Gasteiger partial charge in [0, 0.05) is 19.1 Å². The van der Waals surface area contributed by atoms with Crippen molar-refractivity contribution in [3.63, 3.8) is 0 Å². The molecule has 0 saturated heterocycles. The number of benzene rings is 1. The molecule has 98 valence electrons.